The van der Waals surface area contributed by atoms with E-state index in [0.717, 1.165) is 16.7 Å². The van der Waals surface area contributed by atoms with E-state index >= 15 is 0 Å². The van der Waals surface area contributed by atoms with Gasteiger partial charge in [-0.15, -0.1) is 0 Å². The first kappa shape index (κ1) is 14.7. The van der Waals surface area contributed by atoms with Crippen LogP contribution in [-0.2, 0) is 0 Å². The van der Waals surface area contributed by atoms with E-state index in [4.69, 9.17) is 0 Å². The molecule has 0 amide bonds. The van der Waals surface area contributed by atoms with E-state index in [1.165, 1.54) is 0 Å². The van der Waals surface area contributed by atoms with Crippen molar-refractivity contribution in [1.82, 2.24) is 5.32 Å². The number of aryl methyl sites for hydroxylation is 3. The second-order valence-corrected chi connectivity index (χ2v) is 5.18. The van der Waals surface area contributed by atoms with Crippen molar-refractivity contribution in [2.24, 2.45) is 0 Å². The van der Waals surface area contributed by atoms with Gasteiger partial charge in [-0.25, -0.2) is 8.78 Å². The van der Waals surface area contributed by atoms with Crippen molar-refractivity contribution in [3.8, 4) is 0 Å². The molecule has 106 valence electrons. The van der Waals surface area contributed by atoms with Crippen LogP contribution < -0.4 is 5.32 Å². The first-order valence-electron chi connectivity index (χ1n) is 6.64. The summed E-state index contributed by atoms with van der Waals surface area (Å²) in [5.41, 5.74) is 3.82. The molecule has 0 saturated heterocycles. The summed E-state index contributed by atoms with van der Waals surface area (Å²) >= 11 is 0. The van der Waals surface area contributed by atoms with Crippen LogP contribution in [0, 0.1) is 32.4 Å². The van der Waals surface area contributed by atoms with Gasteiger partial charge in [-0.2, -0.15) is 0 Å². The highest BCUT2D eigenvalue weighted by Crippen LogP contribution is 2.29. The predicted molar refractivity (Wildman–Crippen MR) is 77.9 cm³/mol. The smallest absolute Gasteiger partial charge is 0.164 e. The number of nitrogens with one attached hydrogen (secondary N) is 1. The minimum Gasteiger partial charge on any atom is -0.309 e. The predicted octanol–water partition coefficient (Wildman–Crippen LogP) is 4.20. The van der Waals surface area contributed by atoms with Crippen LogP contribution in [0.4, 0.5) is 8.78 Å². The molecule has 0 aliphatic carbocycles. The maximum Gasteiger partial charge on any atom is 0.164 e. The lowest BCUT2D eigenvalue weighted by atomic mass is 9.93. The summed E-state index contributed by atoms with van der Waals surface area (Å²) in [6, 6.07) is 8.89. The minimum atomic E-state index is -0.774. The molecule has 0 radical (unpaired) electrons. The normalized spacial score (nSPS) is 12.5. The Labute approximate surface area is 118 Å². The van der Waals surface area contributed by atoms with Crippen LogP contribution >= 0.6 is 0 Å². The molecular formula is C17H19F2N. The fraction of sp³-hybridized carbons (Fsp3) is 0.294. The standard InChI is InChI=1S/C17H19F2N/c1-10-5-7-13(12(3)9-10)17(20-4)14-8-6-11(2)15(18)16(14)19/h5-9,17,20H,1-4H3. The monoisotopic (exact) mass is 275 g/mol. The van der Waals surface area contributed by atoms with Crippen molar-refractivity contribution in [2.75, 3.05) is 7.05 Å². The van der Waals surface area contributed by atoms with Gasteiger partial charge < -0.3 is 5.32 Å². The Morgan fingerprint density at radius 1 is 0.850 bits per heavy atom. The van der Waals surface area contributed by atoms with Crippen LogP contribution in [0.2, 0.25) is 0 Å². The van der Waals surface area contributed by atoms with Crippen LogP contribution in [0.5, 0.6) is 0 Å². The zero-order valence-electron chi connectivity index (χ0n) is 12.2. The molecule has 2 aromatic rings. The van der Waals surface area contributed by atoms with E-state index in [1.807, 2.05) is 32.0 Å². The molecule has 1 nitrogen and oxygen atoms in total. The van der Waals surface area contributed by atoms with Crippen LogP contribution in [0.1, 0.15) is 33.9 Å². The third kappa shape index (κ3) is 2.59. The zero-order valence-corrected chi connectivity index (χ0v) is 12.2. The second-order valence-electron chi connectivity index (χ2n) is 5.18. The van der Waals surface area contributed by atoms with Gasteiger partial charge in [0.05, 0.1) is 6.04 Å². The molecule has 1 atom stereocenters. The van der Waals surface area contributed by atoms with E-state index in [0.29, 0.717) is 11.1 Å². The lowest BCUT2D eigenvalue weighted by Gasteiger charge is -2.21. The van der Waals surface area contributed by atoms with Crippen LogP contribution in [0.15, 0.2) is 30.3 Å². The summed E-state index contributed by atoms with van der Waals surface area (Å²) in [7, 11) is 1.75. The van der Waals surface area contributed by atoms with Crippen LogP contribution in [-0.4, -0.2) is 7.05 Å². The molecule has 3 heteroatoms. The Morgan fingerprint density at radius 3 is 2.10 bits per heavy atom. The summed E-state index contributed by atoms with van der Waals surface area (Å²) in [6.07, 6.45) is 0. The first-order valence-corrected chi connectivity index (χ1v) is 6.64. The molecule has 0 spiro atoms. The van der Waals surface area contributed by atoms with Crippen molar-refractivity contribution in [3.63, 3.8) is 0 Å². The Kier molecular flexibility index (Phi) is 4.19. The van der Waals surface area contributed by atoms with Gasteiger partial charge in [0.15, 0.2) is 11.6 Å². The molecule has 0 aliphatic heterocycles. The highest BCUT2D eigenvalue weighted by molar-refractivity contribution is 5.40. The number of hydrogen-bond donors (Lipinski definition) is 1. The van der Waals surface area contributed by atoms with Gasteiger partial charge >= 0.3 is 0 Å². The number of rotatable bonds is 3. The molecule has 20 heavy (non-hydrogen) atoms. The van der Waals surface area contributed by atoms with Crippen molar-refractivity contribution in [1.29, 1.82) is 0 Å². The highest BCUT2D eigenvalue weighted by Gasteiger charge is 2.21. The SMILES string of the molecule is CNC(c1ccc(C)cc1C)c1ccc(C)c(F)c1F. The van der Waals surface area contributed by atoms with Gasteiger partial charge in [-0.05, 0) is 44.5 Å². The fourth-order valence-corrected chi connectivity index (χ4v) is 2.51. The summed E-state index contributed by atoms with van der Waals surface area (Å²) in [5.74, 6) is -1.54. The number of benzene rings is 2. The molecule has 0 saturated carbocycles. The Morgan fingerprint density at radius 2 is 1.50 bits per heavy atom. The van der Waals surface area contributed by atoms with Gasteiger partial charge in [0.25, 0.3) is 0 Å². The molecular weight excluding hydrogens is 256 g/mol. The topological polar surface area (TPSA) is 12.0 Å². The Balaban J connectivity index is 2.55. The molecule has 2 aromatic carbocycles. The average molecular weight is 275 g/mol. The highest BCUT2D eigenvalue weighted by atomic mass is 19.2. The van der Waals surface area contributed by atoms with Crippen LogP contribution in [0.3, 0.4) is 0 Å². The van der Waals surface area contributed by atoms with Gasteiger partial charge in [-0.1, -0.05) is 35.9 Å². The molecule has 0 aliphatic rings. The minimum absolute atomic E-state index is 0.321. The molecule has 0 bridgehead atoms. The van der Waals surface area contributed by atoms with E-state index < -0.39 is 11.6 Å². The first-order chi connectivity index (χ1) is 9.45. The maximum absolute atomic E-state index is 14.2. The van der Waals surface area contributed by atoms with Gasteiger partial charge in [-0.3, -0.25) is 0 Å². The lowest BCUT2D eigenvalue weighted by Crippen LogP contribution is -2.20. The van der Waals surface area contributed by atoms with E-state index in [-0.39, 0.29) is 6.04 Å². The van der Waals surface area contributed by atoms with Crippen molar-refractivity contribution in [2.45, 2.75) is 26.8 Å². The zero-order chi connectivity index (χ0) is 14.9. The van der Waals surface area contributed by atoms with Crippen molar-refractivity contribution < 1.29 is 8.78 Å². The average Bonchev–Trinajstić information content (AvgIpc) is 2.41. The molecule has 0 aromatic heterocycles. The Hall–Kier alpha value is -1.74. The second kappa shape index (κ2) is 5.71. The Bertz CT molecular complexity index is 635. The molecule has 0 fully saturated rings. The molecule has 1 N–H and O–H groups in total. The van der Waals surface area contributed by atoms with E-state index in [1.54, 1.807) is 26.1 Å². The third-order valence-electron chi connectivity index (χ3n) is 3.64. The van der Waals surface area contributed by atoms with E-state index in [2.05, 4.69) is 5.32 Å². The maximum atomic E-state index is 14.2. The van der Waals surface area contributed by atoms with Crippen molar-refractivity contribution in [3.05, 3.63) is 69.8 Å². The summed E-state index contributed by atoms with van der Waals surface area (Å²) in [4.78, 5) is 0. The number of hydrogen-bond acceptors (Lipinski definition) is 1. The third-order valence-corrected chi connectivity index (χ3v) is 3.64. The summed E-state index contributed by atoms with van der Waals surface area (Å²) in [6.45, 7) is 5.56. The molecule has 1 unspecified atom stereocenters. The van der Waals surface area contributed by atoms with Gasteiger partial charge in [0.2, 0.25) is 0 Å². The summed E-state index contributed by atoms with van der Waals surface area (Å²) in [5, 5.41) is 3.08. The van der Waals surface area contributed by atoms with Gasteiger partial charge in [0.1, 0.15) is 0 Å². The largest absolute Gasteiger partial charge is 0.309 e. The quantitative estimate of drug-likeness (QED) is 0.885. The lowest BCUT2D eigenvalue weighted by molar-refractivity contribution is 0.482. The van der Waals surface area contributed by atoms with E-state index in [9.17, 15) is 8.78 Å². The van der Waals surface area contributed by atoms with Crippen molar-refractivity contribution >= 4 is 0 Å². The van der Waals surface area contributed by atoms with Crippen LogP contribution in [0.25, 0.3) is 0 Å². The fourth-order valence-electron chi connectivity index (χ4n) is 2.51. The number of halogens is 2. The molecule has 0 heterocycles. The molecule has 2 rings (SSSR count). The van der Waals surface area contributed by atoms with Gasteiger partial charge in [0, 0.05) is 5.56 Å². The summed E-state index contributed by atoms with van der Waals surface area (Å²) < 4.78 is 27.9.